The topological polar surface area (TPSA) is 75.6 Å². The van der Waals surface area contributed by atoms with Crippen LogP contribution in [0.15, 0.2) is 74.7 Å². The number of hydrogen-bond acceptors (Lipinski definition) is 4. The number of carbonyl (C=O) groups is 1. The largest absolute Gasteiger partial charge is 0.283 e. The summed E-state index contributed by atoms with van der Waals surface area (Å²) in [6.07, 6.45) is 3.89. The van der Waals surface area contributed by atoms with E-state index < -0.39 is 21.9 Å². The van der Waals surface area contributed by atoms with Crippen molar-refractivity contribution in [3.05, 3.63) is 75.9 Å². The second-order valence-corrected chi connectivity index (χ2v) is 9.78. The van der Waals surface area contributed by atoms with Gasteiger partial charge in [-0.2, -0.15) is 0 Å². The number of sulfonamides is 1. The molecule has 0 saturated heterocycles. The highest BCUT2D eigenvalue weighted by molar-refractivity contribution is 9.10. The Morgan fingerprint density at radius 3 is 2.58 bits per heavy atom. The molecule has 5 nitrogen and oxygen atoms in total. The average Bonchev–Trinajstić information content (AvgIpc) is 3.21. The first-order chi connectivity index (χ1) is 14.6. The summed E-state index contributed by atoms with van der Waals surface area (Å²) >= 11 is 3.28. The van der Waals surface area contributed by atoms with Crippen LogP contribution in [0.3, 0.4) is 0 Å². The number of nitrogens with one attached hydrogen (secondary N) is 1. The molecule has 1 unspecified atom stereocenters. The molecule has 0 radical (unpaired) electrons. The molecule has 0 aliphatic carbocycles. The van der Waals surface area contributed by atoms with Gasteiger partial charge in [-0.15, -0.1) is 0 Å². The van der Waals surface area contributed by atoms with Crippen molar-refractivity contribution in [2.24, 2.45) is 10.9 Å². The minimum Gasteiger partial charge on any atom is -0.266 e. The van der Waals surface area contributed by atoms with Gasteiger partial charge in [0.1, 0.15) is 5.70 Å². The van der Waals surface area contributed by atoms with Gasteiger partial charge >= 0.3 is 0 Å². The second kappa shape index (κ2) is 9.40. The Balaban J connectivity index is 1.64. The first-order valence-electron chi connectivity index (χ1n) is 9.66. The van der Waals surface area contributed by atoms with Gasteiger partial charge in [-0.3, -0.25) is 9.79 Å². The van der Waals surface area contributed by atoms with E-state index in [1.165, 1.54) is 31.2 Å². The Labute approximate surface area is 188 Å². The van der Waals surface area contributed by atoms with Crippen molar-refractivity contribution < 1.29 is 22.0 Å². The number of benzene rings is 2. The van der Waals surface area contributed by atoms with Gasteiger partial charge in [0.2, 0.25) is 0 Å². The number of carbonyl (C=O) groups excluding carboxylic acids is 1. The standard InChI is InChI=1S/C22H21BrF2N2O3S/c1-2-22(24,25)17-10-15(11-18(23)13-17)8-9-16-12-20(26-14-16)21(28)27-31(29,30)19-6-4-3-5-7-19/h3-7,10-14,16H,2,8-9H2,1H3,(H,27,28). The molecule has 1 N–H and O–H groups in total. The van der Waals surface area contributed by atoms with Gasteiger partial charge in [-0.25, -0.2) is 21.9 Å². The summed E-state index contributed by atoms with van der Waals surface area (Å²) in [4.78, 5) is 16.3. The Morgan fingerprint density at radius 2 is 1.90 bits per heavy atom. The summed E-state index contributed by atoms with van der Waals surface area (Å²) in [6.45, 7) is 1.44. The quantitative estimate of drug-likeness (QED) is 0.544. The zero-order valence-corrected chi connectivity index (χ0v) is 19.1. The second-order valence-electron chi connectivity index (χ2n) is 7.19. The summed E-state index contributed by atoms with van der Waals surface area (Å²) in [5.41, 5.74) is 0.710. The van der Waals surface area contributed by atoms with Crippen molar-refractivity contribution in [1.29, 1.82) is 0 Å². The summed E-state index contributed by atoms with van der Waals surface area (Å²) in [5, 5.41) is 0. The monoisotopic (exact) mass is 510 g/mol. The predicted molar refractivity (Wildman–Crippen MR) is 118 cm³/mol. The molecule has 0 bridgehead atoms. The zero-order chi connectivity index (χ0) is 22.6. The lowest BCUT2D eigenvalue weighted by Crippen LogP contribution is -2.31. The maximum absolute atomic E-state index is 14.0. The van der Waals surface area contributed by atoms with Gasteiger partial charge in [0, 0.05) is 28.6 Å². The van der Waals surface area contributed by atoms with Crippen molar-refractivity contribution in [1.82, 2.24) is 4.72 Å². The smallest absolute Gasteiger partial charge is 0.266 e. The number of halogens is 3. The summed E-state index contributed by atoms with van der Waals surface area (Å²) in [7, 11) is -3.99. The number of hydrogen-bond donors (Lipinski definition) is 1. The molecule has 1 heterocycles. The molecule has 31 heavy (non-hydrogen) atoms. The van der Waals surface area contributed by atoms with Gasteiger partial charge < -0.3 is 0 Å². The van der Waals surface area contributed by atoms with Gasteiger partial charge in [0.05, 0.1) is 4.90 Å². The van der Waals surface area contributed by atoms with Crippen LogP contribution in [0.25, 0.3) is 0 Å². The average molecular weight is 511 g/mol. The molecule has 0 spiro atoms. The SMILES string of the molecule is CCC(F)(F)c1cc(Br)cc(CCC2C=NC(C(=O)NS(=O)(=O)c3ccccc3)=C2)c1. The fourth-order valence-electron chi connectivity index (χ4n) is 3.13. The lowest BCUT2D eigenvalue weighted by molar-refractivity contribution is -0.115. The van der Waals surface area contributed by atoms with Crippen LogP contribution < -0.4 is 4.72 Å². The molecule has 3 rings (SSSR count). The van der Waals surface area contributed by atoms with Crippen molar-refractivity contribution in [3.63, 3.8) is 0 Å². The number of amides is 1. The Hall–Kier alpha value is -2.39. The number of alkyl halides is 2. The Morgan fingerprint density at radius 1 is 1.19 bits per heavy atom. The number of aliphatic imine (C=N–C) groups is 1. The molecule has 164 valence electrons. The Bertz CT molecular complexity index is 1130. The van der Waals surface area contributed by atoms with Crippen LogP contribution in [0.5, 0.6) is 0 Å². The van der Waals surface area contributed by atoms with E-state index in [2.05, 4.69) is 20.9 Å². The molecule has 0 saturated carbocycles. The van der Waals surface area contributed by atoms with Crippen molar-refractivity contribution in [3.8, 4) is 0 Å². The molecule has 0 fully saturated rings. The van der Waals surface area contributed by atoms with Crippen molar-refractivity contribution in [2.45, 2.75) is 37.0 Å². The summed E-state index contributed by atoms with van der Waals surface area (Å²) < 4.78 is 55.2. The van der Waals surface area contributed by atoms with Crippen molar-refractivity contribution >= 4 is 38.1 Å². The van der Waals surface area contributed by atoms with E-state index in [1.807, 2.05) is 4.72 Å². The predicted octanol–water partition coefficient (Wildman–Crippen LogP) is 4.97. The molecule has 1 aliphatic rings. The van der Waals surface area contributed by atoms with E-state index in [1.54, 1.807) is 36.6 Å². The summed E-state index contributed by atoms with van der Waals surface area (Å²) in [6, 6.07) is 12.3. The molecule has 1 aliphatic heterocycles. The third-order valence-electron chi connectivity index (χ3n) is 4.88. The van der Waals surface area contributed by atoms with Crippen LogP contribution >= 0.6 is 15.9 Å². The Kier molecular flexibility index (Phi) is 7.06. The summed E-state index contributed by atoms with van der Waals surface area (Å²) in [5.74, 6) is -3.91. The maximum atomic E-state index is 14.0. The molecule has 2 aromatic carbocycles. The first kappa shape index (κ1) is 23.3. The van der Waals surface area contributed by atoms with E-state index in [-0.39, 0.29) is 28.5 Å². The molecular weight excluding hydrogens is 490 g/mol. The molecule has 0 aromatic heterocycles. The van der Waals surface area contributed by atoms with Crippen LogP contribution in [0.4, 0.5) is 8.78 Å². The van der Waals surface area contributed by atoms with E-state index in [4.69, 9.17) is 0 Å². The number of nitrogens with zero attached hydrogens (tertiary/aromatic N) is 1. The maximum Gasteiger partial charge on any atom is 0.283 e. The van der Waals surface area contributed by atoms with Crippen LogP contribution in [0.1, 0.15) is 30.9 Å². The number of allylic oxidation sites excluding steroid dienone is 1. The lowest BCUT2D eigenvalue weighted by atomic mass is 9.97. The van der Waals surface area contributed by atoms with Gasteiger partial charge in [-0.05, 0) is 54.8 Å². The third-order valence-corrected chi connectivity index (χ3v) is 6.69. The van der Waals surface area contributed by atoms with E-state index >= 15 is 0 Å². The van der Waals surface area contributed by atoms with Crippen LogP contribution in [0.2, 0.25) is 0 Å². The minimum absolute atomic E-state index is 0.0111. The lowest BCUT2D eigenvalue weighted by Gasteiger charge is -2.16. The highest BCUT2D eigenvalue weighted by Crippen LogP contribution is 2.34. The first-order valence-corrected chi connectivity index (χ1v) is 11.9. The minimum atomic E-state index is -3.99. The molecular formula is C22H21BrF2N2O3S. The van der Waals surface area contributed by atoms with Gasteiger partial charge in [-0.1, -0.05) is 41.1 Å². The molecule has 1 atom stereocenters. The zero-order valence-electron chi connectivity index (χ0n) is 16.7. The van der Waals surface area contributed by atoms with E-state index in [9.17, 15) is 22.0 Å². The van der Waals surface area contributed by atoms with Crippen LogP contribution in [0, 0.1) is 5.92 Å². The molecule has 2 aromatic rings. The van der Waals surface area contributed by atoms with Gasteiger partial charge in [0.15, 0.2) is 0 Å². The number of rotatable bonds is 8. The van der Waals surface area contributed by atoms with E-state index in [0.29, 0.717) is 17.3 Å². The highest BCUT2D eigenvalue weighted by atomic mass is 79.9. The number of aryl methyl sites for hydroxylation is 1. The normalized spacial score (nSPS) is 16.3. The van der Waals surface area contributed by atoms with Gasteiger partial charge in [0.25, 0.3) is 21.9 Å². The van der Waals surface area contributed by atoms with Crippen molar-refractivity contribution in [2.75, 3.05) is 0 Å². The van der Waals surface area contributed by atoms with Crippen LogP contribution in [-0.4, -0.2) is 20.5 Å². The fourth-order valence-corrected chi connectivity index (χ4v) is 4.66. The highest BCUT2D eigenvalue weighted by Gasteiger charge is 2.29. The third kappa shape index (κ3) is 5.86. The molecule has 9 heteroatoms. The van der Waals surface area contributed by atoms with Crippen LogP contribution in [-0.2, 0) is 27.2 Å². The van der Waals surface area contributed by atoms with E-state index in [0.717, 1.165) is 5.56 Å². The fraction of sp³-hybridized carbons (Fsp3) is 0.273. The molecule has 1 amide bonds.